The van der Waals surface area contributed by atoms with E-state index in [1.54, 1.807) is 35.6 Å². The van der Waals surface area contributed by atoms with Crippen LogP contribution in [0.25, 0.3) is 16.4 Å². The molecule has 0 amide bonds. The van der Waals surface area contributed by atoms with Crippen molar-refractivity contribution in [1.29, 1.82) is 0 Å². The first kappa shape index (κ1) is 19.2. The molecule has 0 aliphatic heterocycles. The number of Topliss-reactive ketones (excluding diaryl/α,β-unsaturated/α-hetero) is 1. The van der Waals surface area contributed by atoms with E-state index in [1.807, 2.05) is 46.3 Å². The van der Waals surface area contributed by atoms with Gasteiger partial charge in [0.25, 0.3) is 0 Å². The Bertz CT molecular complexity index is 1110. The van der Waals surface area contributed by atoms with Gasteiger partial charge in [-0.25, -0.2) is 0 Å². The summed E-state index contributed by atoms with van der Waals surface area (Å²) >= 11 is 15.1. The Morgan fingerprint density at radius 3 is 2.50 bits per heavy atom. The third-order valence-corrected chi connectivity index (χ3v) is 6.34. The predicted octanol–water partition coefficient (Wildman–Crippen LogP) is 6.28. The molecule has 0 aliphatic carbocycles. The summed E-state index contributed by atoms with van der Waals surface area (Å²) in [5.74, 6) is 0.879. The molecule has 2 aromatic carbocycles. The summed E-state index contributed by atoms with van der Waals surface area (Å²) in [7, 11) is 0. The number of halogens is 2. The number of thiophene rings is 1. The second-order valence-corrected chi connectivity index (χ2v) is 8.52. The fourth-order valence-electron chi connectivity index (χ4n) is 2.65. The summed E-state index contributed by atoms with van der Waals surface area (Å²) in [5.41, 5.74) is 1.39. The van der Waals surface area contributed by atoms with Gasteiger partial charge in [-0.3, -0.25) is 9.36 Å². The number of carbonyl (C=O) groups is 1. The highest BCUT2D eigenvalue weighted by molar-refractivity contribution is 7.99. The SMILES string of the molecule is O=C(CSc1nnc(-c2cccs2)n1-c1ccc(Cl)cc1)c1ccccc1Cl. The Kier molecular flexibility index (Phi) is 5.82. The van der Waals surface area contributed by atoms with Crippen LogP contribution in [-0.2, 0) is 0 Å². The molecule has 2 aromatic heterocycles. The highest BCUT2D eigenvalue weighted by Crippen LogP contribution is 2.31. The van der Waals surface area contributed by atoms with Crippen LogP contribution in [0.4, 0.5) is 0 Å². The zero-order valence-electron chi connectivity index (χ0n) is 14.4. The van der Waals surface area contributed by atoms with Crippen LogP contribution in [0.2, 0.25) is 10.0 Å². The van der Waals surface area contributed by atoms with Gasteiger partial charge in [0.15, 0.2) is 16.8 Å². The molecule has 4 aromatic rings. The first-order chi connectivity index (χ1) is 13.6. The van der Waals surface area contributed by atoms with Crippen molar-refractivity contribution >= 4 is 52.1 Å². The van der Waals surface area contributed by atoms with Crippen LogP contribution < -0.4 is 0 Å². The average molecular weight is 446 g/mol. The molecule has 0 fully saturated rings. The molecule has 140 valence electrons. The Hall–Kier alpha value is -2.12. The van der Waals surface area contributed by atoms with E-state index in [0.717, 1.165) is 16.4 Å². The standard InChI is InChI=1S/C20H13Cl2N3OS2/c21-13-7-9-14(10-8-13)25-19(18-6-3-11-27-18)23-24-20(25)28-12-17(26)15-4-1-2-5-16(15)22/h1-11H,12H2. The number of hydrogen-bond donors (Lipinski definition) is 0. The van der Waals surface area contributed by atoms with Crippen molar-refractivity contribution in [2.24, 2.45) is 0 Å². The second-order valence-electron chi connectivity index (χ2n) is 5.79. The Balaban J connectivity index is 1.66. The van der Waals surface area contributed by atoms with Crippen molar-refractivity contribution < 1.29 is 4.79 Å². The van der Waals surface area contributed by atoms with E-state index >= 15 is 0 Å². The van der Waals surface area contributed by atoms with Gasteiger partial charge < -0.3 is 0 Å². The van der Waals surface area contributed by atoms with E-state index in [4.69, 9.17) is 23.2 Å². The Morgan fingerprint density at radius 1 is 1.00 bits per heavy atom. The molecule has 0 bridgehead atoms. The molecule has 0 aliphatic rings. The van der Waals surface area contributed by atoms with Gasteiger partial charge in [0.1, 0.15) is 0 Å². The lowest BCUT2D eigenvalue weighted by atomic mass is 10.1. The van der Waals surface area contributed by atoms with Crippen molar-refractivity contribution in [1.82, 2.24) is 14.8 Å². The number of benzene rings is 2. The van der Waals surface area contributed by atoms with E-state index in [2.05, 4.69) is 10.2 Å². The van der Waals surface area contributed by atoms with Crippen molar-refractivity contribution in [2.45, 2.75) is 5.16 Å². The van der Waals surface area contributed by atoms with Crippen LogP contribution in [0.15, 0.2) is 71.2 Å². The number of thioether (sulfide) groups is 1. The summed E-state index contributed by atoms with van der Waals surface area (Å²) < 4.78 is 1.94. The molecule has 4 rings (SSSR count). The van der Waals surface area contributed by atoms with Gasteiger partial charge in [-0.15, -0.1) is 21.5 Å². The number of carbonyl (C=O) groups excluding carboxylic acids is 1. The van der Waals surface area contributed by atoms with Crippen molar-refractivity contribution in [3.63, 3.8) is 0 Å². The van der Waals surface area contributed by atoms with Crippen molar-refractivity contribution in [3.8, 4) is 16.4 Å². The van der Waals surface area contributed by atoms with Gasteiger partial charge in [-0.1, -0.05) is 53.2 Å². The molecule has 0 saturated heterocycles. The molecule has 4 nitrogen and oxygen atoms in total. The van der Waals surface area contributed by atoms with Gasteiger partial charge in [-0.05, 0) is 47.8 Å². The van der Waals surface area contributed by atoms with Crippen LogP contribution >= 0.6 is 46.3 Å². The van der Waals surface area contributed by atoms with Crippen LogP contribution in [0.5, 0.6) is 0 Å². The first-order valence-electron chi connectivity index (χ1n) is 8.29. The molecule has 0 unspecified atom stereocenters. The normalized spacial score (nSPS) is 10.9. The largest absolute Gasteiger partial charge is 0.293 e. The first-order valence-corrected chi connectivity index (χ1v) is 10.9. The number of ketones is 1. The molecule has 2 heterocycles. The van der Waals surface area contributed by atoms with E-state index < -0.39 is 0 Å². The molecule has 0 spiro atoms. The maximum absolute atomic E-state index is 12.6. The minimum atomic E-state index is -0.0565. The summed E-state index contributed by atoms with van der Waals surface area (Å²) in [6, 6.07) is 18.4. The summed E-state index contributed by atoms with van der Waals surface area (Å²) in [6.45, 7) is 0. The molecule has 0 radical (unpaired) electrons. The summed E-state index contributed by atoms with van der Waals surface area (Å²) in [4.78, 5) is 13.6. The van der Waals surface area contributed by atoms with E-state index in [9.17, 15) is 4.79 Å². The predicted molar refractivity (Wildman–Crippen MR) is 116 cm³/mol. The second kappa shape index (κ2) is 8.49. The molecule has 0 saturated carbocycles. The number of nitrogens with zero attached hydrogens (tertiary/aromatic N) is 3. The quantitative estimate of drug-likeness (QED) is 0.258. The highest BCUT2D eigenvalue weighted by atomic mass is 35.5. The zero-order valence-corrected chi connectivity index (χ0v) is 17.5. The van der Waals surface area contributed by atoms with Gasteiger partial charge in [-0.2, -0.15) is 0 Å². The van der Waals surface area contributed by atoms with E-state index in [1.165, 1.54) is 11.8 Å². The smallest absolute Gasteiger partial charge is 0.196 e. The fraction of sp³-hybridized carbons (Fsp3) is 0.0500. The molecule has 28 heavy (non-hydrogen) atoms. The van der Waals surface area contributed by atoms with E-state index in [-0.39, 0.29) is 11.5 Å². The topological polar surface area (TPSA) is 47.8 Å². The van der Waals surface area contributed by atoms with Gasteiger partial charge in [0.05, 0.1) is 15.7 Å². The maximum atomic E-state index is 12.6. The van der Waals surface area contributed by atoms with Crippen LogP contribution in [0, 0.1) is 0 Å². The maximum Gasteiger partial charge on any atom is 0.196 e. The minimum absolute atomic E-state index is 0.0565. The van der Waals surface area contributed by atoms with Gasteiger partial charge in [0.2, 0.25) is 0 Å². The molecular formula is C20H13Cl2N3OS2. The van der Waals surface area contributed by atoms with Gasteiger partial charge in [0, 0.05) is 16.3 Å². The molecule has 8 heteroatoms. The zero-order chi connectivity index (χ0) is 19.5. The highest BCUT2D eigenvalue weighted by Gasteiger charge is 2.19. The summed E-state index contributed by atoms with van der Waals surface area (Å²) in [6.07, 6.45) is 0. The van der Waals surface area contributed by atoms with Crippen LogP contribution in [0.1, 0.15) is 10.4 Å². The molecule has 0 atom stereocenters. The molecule has 0 N–H and O–H groups in total. The van der Waals surface area contributed by atoms with Crippen molar-refractivity contribution in [3.05, 3.63) is 81.7 Å². The average Bonchev–Trinajstić information content (AvgIpc) is 3.37. The lowest BCUT2D eigenvalue weighted by Gasteiger charge is -2.09. The number of aromatic nitrogens is 3. The lowest BCUT2D eigenvalue weighted by Crippen LogP contribution is -2.05. The van der Waals surface area contributed by atoms with Crippen LogP contribution in [-0.4, -0.2) is 26.3 Å². The monoisotopic (exact) mass is 445 g/mol. The number of hydrogen-bond acceptors (Lipinski definition) is 5. The van der Waals surface area contributed by atoms with E-state index in [0.29, 0.717) is 20.8 Å². The minimum Gasteiger partial charge on any atom is -0.293 e. The Morgan fingerprint density at radius 2 is 1.79 bits per heavy atom. The third-order valence-electron chi connectivity index (χ3n) is 3.97. The summed E-state index contributed by atoms with van der Waals surface area (Å²) in [5, 5.41) is 12.4. The van der Waals surface area contributed by atoms with Crippen molar-refractivity contribution in [2.75, 3.05) is 5.75 Å². The number of rotatable bonds is 6. The molecular weight excluding hydrogens is 433 g/mol. The van der Waals surface area contributed by atoms with Gasteiger partial charge >= 0.3 is 0 Å². The van der Waals surface area contributed by atoms with Crippen LogP contribution in [0.3, 0.4) is 0 Å². The third kappa shape index (κ3) is 4.00. The fourth-order valence-corrected chi connectivity index (χ4v) is 4.55. The lowest BCUT2D eigenvalue weighted by molar-refractivity contribution is 0.102. The Labute approximate surface area is 180 Å².